The van der Waals surface area contributed by atoms with Gasteiger partial charge in [-0.3, -0.25) is 9.59 Å². The Kier molecular flexibility index (Phi) is 4.66. The largest absolute Gasteiger partial charge is 0.481 e. The molecule has 16 heavy (non-hydrogen) atoms. The molecular weight excluding hydrogens is 216 g/mol. The highest BCUT2D eigenvalue weighted by Crippen LogP contribution is 2.13. The Balaban J connectivity index is 2.53. The van der Waals surface area contributed by atoms with E-state index in [0.29, 0.717) is 0 Å². The summed E-state index contributed by atoms with van der Waals surface area (Å²) in [6.45, 7) is 0.359. The summed E-state index contributed by atoms with van der Waals surface area (Å²) in [5.74, 6) is -2.10. The van der Waals surface area contributed by atoms with Gasteiger partial charge in [-0.15, -0.1) is 0 Å². The van der Waals surface area contributed by atoms with Crippen LogP contribution in [0.25, 0.3) is 0 Å². The molecule has 1 aliphatic rings. The van der Waals surface area contributed by atoms with Crippen LogP contribution in [-0.4, -0.2) is 56.0 Å². The van der Waals surface area contributed by atoms with Crippen LogP contribution in [0, 0.1) is 5.92 Å². The van der Waals surface area contributed by atoms with E-state index in [-0.39, 0.29) is 19.8 Å². The summed E-state index contributed by atoms with van der Waals surface area (Å²) in [5, 5.41) is 11.4. The van der Waals surface area contributed by atoms with Crippen molar-refractivity contribution in [2.45, 2.75) is 12.1 Å². The molecule has 1 amide bonds. The van der Waals surface area contributed by atoms with Gasteiger partial charge in [0.15, 0.2) is 0 Å². The van der Waals surface area contributed by atoms with Crippen molar-refractivity contribution in [2.75, 3.05) is 26.9 Å². The summed E-state index contributed by atoms with van der Waals surface area (Å²) in [6.07, 6.45) is -0.755. The van der Waals surface area contributed by atoms with E-state index in [4.69, 9.17) is 20.3 Å². The molecule has 1 rings (SSSR count). The van der Waals surface area contributed by atoms with Gasteiger partial charge in [0.1, 0.15) is 12.0 Å². The van der Waals surface area contributed by atoms with Crippen LogP contribution < -0.4 is 11.1 Å². The number of ether oxygens (including phenoxy) is 2. The molecule has 1 heterocycles. The lowest BCUT2D eigenvalue weighted by Gasteiger charge is -2.19. The van der Waals surface area contributed by atoms with Gasteiger partial charge in [-0.2, -0.15) is 0 Å². The molecule has 0 aliphatic carbocycles. The van der Waals surface area contributed by atoms with E-state index in [1.165, 1.54) is 7.11 Å². The van der Waals surface area contributed by atoms with Gasteiger partial charge >= 0.3 is 5.97 Å². The van der Waals surface area contributed by atoms with Crippen molar-refractivity contribution < 1.29 is 24.2 Å². The van der Waals surface area contributed by atoms with Crippen LogP contribution in [-0.2, 0) is 19.1 Å². The number of nitrogens with two attached hydrogens (primary N) is 1. The monoisotopic (exact) mass is 232 g/mol. The maximum Gasteiger partial charge on any atom is 0.311 e. The zero-order chi connectivity index (χ0) is 12.1. The van der Waals surface area contributed by atoms with Gasteiger partial charge in [0.05, 0.1) is 19.3 Å². The van der Waals surface area contributed by atoms with E-state index in [2.05, 4.69) is 5.32 Å². The van der Waals surface area contributed by atoms with E-state index in [9.17, 15) is 9.59 Å². The number of rotatable bonds is 5. The molecule has 0 aromatic heterocycles. The van der Waals surface area contributed by atoms with Gasteiger partial charge in [-0.1, -0.05) is 0 Å². The first-order chi connectivity index (χ1) is 7.60. The maximum atomic E-state index is 11.6. The third-order valence-electron chi connectivity index (χ3n) is 2.52. The molecule has 1 fully saturated rings. The highest BCUT2D eigenvalue weighted by atomic mass is 16.5. The van der Waals surface area contributed by atoms with Gasteiger partial charge in [0.25, 0.3) is 5.91 Å². The first kappa shape index (κ1) is 12.9. The molecule has 0 saturated carbocycles. The highest BCUT2D eigenvalue weighted by molar-refractivity contribution is 5.82. The molecule has 0 aromatic rings. The van der Waals surface area contributed by atoms with Crippen molar-refractivity contribution >= 4 is 11.9 Å². The SMILES string of the molecule is COC(CN)C(=O)NC1COCC1C(=O)O. The van der Waals surface area contributed by atoms with Crippen LogP contribution in [0.4, 0.5) is 0 Å². The first-order valence-electron chi connectivity index (χ1n) is 4.94. The first-order valence-corrected chi connectivity index (χ1v) is 4.94. The molecule has 7 heteroatoms. The van der Waals surface area contributed by atoms with Crippen molar-refractivity contribution in [1.82, 2.24) is 5.32 Å². The number of nitrogens with one attached hydrogen (secondary N) is 1. The van der Waals surface area contributed by atoms with Gasteiger partial charge in [-0.05, 0) is 0 Å². The minimum absolute atomic E-state index is 0.0493. The van der Waals surface area contributed by atoms with E-state index in [1.54, 1.807) is 0 Å². The number of hydrogen-bond donors (Lipinski definition) is 3. The predicted molar refractivity (Wildman–Crippen MR) is 53.7 cm³/mol. The summed E-state index contributed by atoms with van der Waals surface area (Å²) in [7, 11) is 1.37. The molecule has 3 atom stereocenters. The Bertz CT molecular complexity index is 267. The zero-order valence-electron chi connectivity index (χ0n) is 9.01. The normalized spacial score (nSPS) is 26.4. The van der Waals surface area contributed by atoms with Crippen LogP contribution in [0.5, 0.6) is 0 Å². The number of carboxylic acids is 1. The fourth-order valence-corrected chi connectivity index (χ4v) is 1.53. The van der Waals surface area contributed by atoms with Gasteiger partial charge in [-0.25, -0.2) is 0 Å². The number of hydrogen-bond acceptors (Lipinski definition) is 5. The minimum Gasteiger partial charge on any atom is -0.481 e. The fourth-order valence-electron chi connectivity index (χ4n) is 1.53. The Hall–Kier alpha value is -1.18. The molecule has 1 saturated heterocycles. The average Bonchev–Trinajstić information content (AvgIpc) is 2.67. The molecule has 0 aromatic carbocycles. The second-order valence-electron chi connectivity index (χ2n) is 3.56. The summed E-state index contributed by atoms with van der Waals surface area (Å²) in [5.41, 5.74) is 5.32. The summed E-state index contributed by atoms with van der Waals surface area (Å²) < 4.78 is 9.85. The quantitative estimate of drug-likeness (QED) is 0.514. The molecule has 92 valence electrons. The smallest absolute Gasteiger partial charge is 0.311 e. The lowest BCUT2D eigenvalue weighted by atomic mass is 10.0. The van der Waals surface area contributed by atoms with Gasteiger partial charge in [0, 0.05) is 13.7 Å². The Morgan fingerprint density at radius 2 is 2.31 bits per heavy atom. The third kappa shape index (κ3) is 2.91. The van der Waals surface area contributed by atoms with E-state index < -0.39 is 29.9 Å². The van der Waals surface area contributed by atoms with E-state index >= 15 is 0 Å². The predicted octanol–water partition coefficient (Wildman–Crippen LogP) is -1.82. The van der Waals surface area contributed by atoms with Crippen molar-refractivity contribution in [3.05, 3.63) is 0 Å². The topological polar surface area (TPSA) is 111 Å². The highest BCUT2D eigenvalue weighted by Gasteiger charge is 2.36. The van der Waals surface area contributed by atoms with Crippen LogP contribution in [0.2, 0.25) is 0 Å². The lowest BCUT2D eigenvalue weighted by molar-refractivity contribution is -0.142. The van der Waals surface area contributed by atoms with E-state index in [0.717, 1.165) is 0 Å². The number of amides is 1. The maximum absolute atomic E-state index is 11.6. The standard InChI is InChI=1S/C9H16N2O5/c1-15-7(2-10)8(12)11-6-4-16-3-5(6)9(13)14/h5-7H,2-4,10H2,1H3,(H,11,12)(H,13,14). The third-order valence-corrected chi connectivity index (χ3v) is 2.52. The zero-order valence-corrected chi connectivity index (χ0v) is 9.01. The molecule has 0 spiro atoms. The number of carbonyl (C=O) groups is 2. The number of carbonyl (C=O) groups excluding carboxylic acids is 1. The lowest BCUT2D eigenvalue weighted by Crippen LogP contribution is -2.49. The van der Waals surface area contributed by atoms with Crippen LogP contribution in [0.3, 0.4) is 0 Å². The van der Waals surface area contributed by atoms with Gasteiger partial charge < -0.3 is 25.6 Å². The Labute approximate surface area is 92.9 Å². The molecule has 7 nitrogen and oxygen atoms in total. The Morgan fingerprint density at radius 3 is 2.81 bits per heavy atom. The molecular formula is C9H16N2O5. The summed E-state index contributed by atoms with van der Waals surface area (Å²) in [6, 6.07) is -0.519. The molecule has 3 unspecified atom stereocenters. The van der Waals surface area contributed by atoms with Crippen molar-refractivity contribution in [1.29, 1.82) is 0 Å². The molecule has 4 N–H and O–H groups in total. The van der Waals surface area contributed by atoms with Crippen LogP contribution >= 0.6 is 0 Å². The van der Waals surface area contributed by atoms with Crippen molar-refractivity contribution in [3.8, 4) is 0 Å². The van der Waals surface area contributed by atoms with Crippen molar-refractivity contribution in [2.24, 2.45) is 11.7 Å². The van der Waals surface area contributed by atoms with Crippen LogP contribution in [0.15, 0.2) is 0 Å². The van der Waals surface area contributed by atoms with Gasteiger partial charge in [0.2, 0.25) is 0 Å². The van der Waals surface area contributed by atoms with Crippen molar-refractivity contribution in [3.63, 3.8) is 0 Å². The second-order valence-corrected chi connectivity index (χ2v) is 3.56. The number of carboxylic acid groups (broad SMARTS) is 1. The van der Waals surface area contributed by atoms with Crippen LogP contribution in [0.1, 0.15) is 0 Å². The summed E-state index contributed by atoms with van der Waals surface area (Å²) in [4.78, 5) is 22.4. The summed E-state index contributed by atoms with van der Waals surface area (Å²) >= 11 is 0. The fraction of sp³-hybridized carbons (Fsp3) is 0.778. The number of aliphatic carboxylic acids is 1. The molecule has 1 aliphatic heterocycles. The number of methoxy groups -OCH3 is 1. The second kappa shape index (κ2) is 5.78. The van der Waals surface area contributed by atoms with E-state index in [1.807, 2.05) is 0 Å². The average molecular weight is 232 g/mol. The molecule has 0 bridgehead atoms. The Morgan fingerprint density at radius 1 is 1.62 bits per heavy atom. The molecule has 0 radical (unpaired) electrons. The minimum atomic E-state index is -0.982.